The van der Waals surface area contributed by atoms with Gasteiger partial charge in [0.2, 0.25) is 0 Å². The van der Waals surface area contributed by atoms with Crippen LogP contribution in [-0.4, -0.2) is 28.7 Å². The monoisotopic (exact) mass is 280 g/mol. The molecule has 2 rings (SSSR count). The van der Waals surface area contributed by atoms with E-state index in [-0.39, 0.29) is 36.4 Å². The van der Waals surface area contributed by atoms with E-state index in [9.17, 15) is 4.79 Å². The molecule has 98 valence electrons. The lowest BCUT2D eigenvalue weighted by Crippen LogP contribution is -2.45. The van der Waals surface area contributed by atoms with Gasteiger partial charge in [0.1, 0.15) is 0 Å². The summed E-state index contributed by atoms with van der Waals surface area (Å²) in [4.78, 5) is 17.9. The van der Waals surface area contributed by atoms with Crippen molar-refractivity contribution in [1.82, 2.24) is 9.55 Å². The van der Waals surface area contributed by atoms with E-state index in [1.807, 2.05) is 4.90 Å². The summed E-state index contributed by atoms with van der Waals surface area (Å²) in [6.45, 7) is 1.60. The molecule has 1 unspecified atom stereocenters. The van der Waals surface area contributed by atoms with Gasteiger partial charge in [-0.25, -0.2) is 4.98 Å². The summed E-state index contributed by atoms with van der Waals surface area (Å²) in [6, 6.07) is 0.158. The second-order valence-corrected chi connectivity index (χ2v) is 4.02. The molecule has 1 aromatic heterocycles. The highest BCUT2D eigenvalue weighted by Crippen LogP contribution is 2.12. The van der Waals surface area contributed by atoms with Gasteiger partial charge in [-0.05, 0) is 12.8 Å². The summed E-state index contributed by atoms with van der Waals surface area (Å²) in [7, 11) is 1.73. The van der Waals surface area contributed by atoms with E-state index in [0.717, 1.165) is 25.9 Å². The maximum absolute atomic E-state index is 11.8. The van der Waals surface area contributed by atoms with E-state index in [1.54, 1.807) is 24.0 Å². The Morgan fingerprint density at radius 2 is 2.18 bits per heavy atom. The molecule has 0 bridgehead atoms. The molecule has 1 saturated heterocycles. The van der Waals surface area contributed by atoms with Crippen molar-refractivity contribution in [2.45, 2.75) is 18.9 Å². The smallest absolute Gasteiger partial charge is 0.293 e. The molecule has 0 spiro atoms. The molecule has 0 amide bonds. The highest BCUT2D eigenvalue weighted by atomic mass is 35.5. The van der Waals surface area contributed by atoms with Gasteiger partial charge in [0.05, 0.1) is 0 Å². The lowest BCUT2D eigenvalue weighted by atomic mass is 10.1. The molecule has 7 heteroatoms. The molecular weight excluding hydrogens is 263 g/mol. The maximum Gasteiger partial charge on any atom is 0.293 e. The predicted octanol–water partition coefficient (Wildman–Crippen LogP) is 0.551. The van der Waals surface area contributed by atoms with Crippen molar-refractivity contribution in [2.24, 2.45) is 12.8 Å². The molecule has 1 aliphatic heterocycles. The first kappa shape index (κ1) is 16.2. The van der Waals surface area contributed by atoms with Crippen LogP contribution < -0.4 is 16.2 Å². The molecule has 5 nitrogen and oxygen atoms in total. The zero-order chi connectivity index (χ0) is 10.8. The van der Waals surface area contributed by atoms with E-state index < -0.39 is 0 Å². The van der Waals surface area contributed by atoms with Crippen molar-refractivity contribution in [3.8, 4) is 0 Å². The van der Waals surface area contributed by atoms with Crippen molar-refractivity contribution < 1.29 is 0 Å². The second kappa shape index (κ2) is 6.83. The van der Waals surface area contributed by atoms with E-state index in [1.165, 1.54) is 0 Å². The Bertz CT molecular complexity index is 410. The Kier molecular flexibility index (Phi) is 6.52. The van der Waals surface area contributed by atoms with E-state index in [2.05, 4.69) is 4.98 Å². The number of hydrogen-bond acceptors (Lipinski definition) is 4. The van der Waals surface area contributed by atoms with Gasteiger partial charge in [0, 0.05) is 38.6 Å². The van der Waals surface area contributed by atoms with Gasteiger partial charge in [-0.1, -0.05) is 0 Å². The highest BCUT2D eigenvalue weighted by molar-refractivity contribution is 5.85. The standard InChI is InChI=1S/C10H16N4O.2ClH/c1-13-6-4-12-9(10(13)15)14-5-2-3-8(11)7-14;;/h4,6,8H,2-3,5,7,11H2,1H3;2*1H. The van der Waals surface area contributed by atoms with Gasteiger partial charge in [0.15, 0.2) is 5.82 Å². The number of aryl methyl sites for hydroxylation is 1. The predicted molar refractivity (Wildman–Crippen MR) is 73.4 cm³/mol. The summed E-state index contributed by atoms with van der Waals surface area (Å²) < 4.78 is 1.54. The van der Waals surface area contributed by atoms with Crippen molar-refractivity contribution in [3.63, 3.8) is 0 Å². The average Bonchev–Trinajstić information content (AvgIpc) is 2.22. The average molecular weight is 281 g/mol. The Morgan fingerprint density at radius 3 is 2.82 bits per heavy atom. The van der Waals surface area contributed by atoms with Crippen LogP contribution in [0.3, 0.4) is 0 Å². The summed E-state index contributed by atoms with van der Waals surface area (Å²) in [5.74, 6) is 0.523. The third-order valence-corrected chi connectivity index (χ3v) is 2.76. The Morgan fingerprint density at radius 1 is 1.47 bits per heavy atom. The van der Waals surface area contributed by atoms with Gasteiger partial charge >= 0.3 is 0 Å². The minimum absolute atomic E-state index is 0. The van der Waals surface area contributed by atoms with E-state index >= 15 is 0 Å². The van der Waals surface area contributed by atoms with Crippen LogP contribution in [0.2, 0.25) is 0 Å². The molecule has 1 aromatic rings. The minimum atomic E-state index is -0.0494. The SMILES string of the molecule is Cl.Cl.Cn1ccnc(N2CCCC(N)C2)c1=O. The first-order chi connectivity index (χ1) is 7.18. The Hall–Kier alpha value is -0.780. The van der Waals surface area contributed by atoms with Crippen LogP contribution in [-0.2, 0) is 7.05 Å². The molecule has 2 N–H and O–H groups in total. The van der Waals surface area contributed by atoms with Crippen LogP contribution >= 0.6 is 24.8 Å². The molecule has 0 aliphatic carbocycles. The molecule has 2 heterocycles. The Labute approximate surface area is 113 Å². The third-order valence-electron chi connectivity index (χ3n) is 2.76. The van der Waals surface area contributed by atoms with E-state index in [0.29, 0.717) is 5.82 Å². The summed E-state index contributed by atoms with van der Waals surface area (Å²) in [6.07, 6.45) is 5.37. The number of hydrogen-bond donors (Lipinski definition) is 1. The van der Waals surface area contributed by atoms with Crippen LogP contribution in [0.25, 0.3) is 0 Å². The molecule has 0 aromatic carbocycles. The van der Waals surface area contributed by atoms with Crippen LogP contribution in [0.5, 0.6) is 0 Å². The fraction of sp³-hybridized carbons (Fsp3) is 0.600. The Balaban J connectivity index is 0.00000128. The normalized spacial score (nSPS) is 19.2. The first-order valence-corrected chi connectivity index (χ1v) is 5.20. The largest absolute Gasteiger partial charge is 0.350 e. The van der Waals surface area contributed by atoms with Gasteiger partial charge < -0.3 is 15.2 Å². The van der Waals surface area contributed by atoms with Crippen molar-refractivity contribution in [3.05, 3.63) is 22.7 Å². The number of piperidine rings is 1. The lowest BCUT2D eigenvalue weighted by Gasteiger charge is -2.31. The minimum Gasteiger partial charge on any atom is -0.350 e. The third kappa shape index (κ3) is 3.59. The van der Waals surface area contributed by atoms with Gasteiger partial charge in [-0.15, -0.1) is 24.8 Å². The van der Waals surface area contributed by atoms with Crippen molar-refractivity contribution >= 4 is 30.6 Å². The van der Waals surface area contributed by atoms with Crippen molar-refractivity contribution in [2.75, 3.05) is 18.0 Å². The summed E-state index contributed by atoms with van der Waals surface area (Å²) in [5, 5.41) is 0. The lowest BCUT2D eigenvalue weighted by molar-refractivity contribution is 0.500. The van der Waals surface area contributed by atoms with Crippen LogP contribution in [0.1, 0.15) is 12.8 Å². The maximum atomic E-state index is 11.8. The van der Waals surface area contributed by atoms with Crippen LogP contribution in [0.15, 0.2) is 17.2 Å². The number of anilines is 1. The van der Waals surface area contributed by atoms with Crippen LogP contribution in [0.4, 0.5) is 5.82 Å². The van der Waals surface area contributed by atoms with Gasteiger partial charge in [0.25, 0.3) is 5.56 Å². The van der Waals surface area contributed by atoms with Crippen LogP contribution in [0, 0.1) is 0 Å². The first-order valence-electron chi connectivity index (χ1n) is 5.20. The van der Waals surface area contributed by atoms with E-state index in [4.69, 9.17) is 5.73 Å². The number of halogens is 2. The molecule has 1 atom stereocenters. The topological polar surface area (TPSA) is 64.2 Å². The summed E-state index contributed by atoms with van der Waals surface area (Å²) in [5.41, 5.74) is 5.82. The molecule has 1 aliphatic rings. The number of rotatable bonds is 1. The zero-order valence-corrected chi connectivity index (χ0v) is 11.3. The second-order valence-electron chi connectivity index (χ2n) is 4.02. The summed E-state index contributed by atoms with van der Waals surface area (Å²) >= 11 is 0. The quantitative estimate of drug-likeness (QED) is 0.816. The van der Waals surface area contributed by atoms with Crippen molar-refractivity contribution in [1.29, 1.82) is 0 Å². The van der Waals surface area contributed by atoms with Gasteiger partial charge in [-0.2, -0.15) is 0 Å². The number of nitrogens with two attached hydrogens (primary N) is 1. The van der Waals surface area contributed by atoms with Gasteiger partial charge in [-0.3, -0.25) is 4.79 Å². The molecular formula is C10H18Cl2N4O. The highest BCUT2D eigenvalue weighted by Gasteiger charge is 2.20. The number of nitrogens with zero attached hydrogens (tertiary/aromatic N) is 3. The zero-order valence-electron chi connectivity index (χ0n) is 9.70. The fourth-order valence-corrected chi connectivity index (χ4v) is 1.90. The molecule has 0 radical (unpaired) electrons. The number of aromatic nitrogens is 2. The fourth-order valence-electron chi connectivity index (χ4n) is 1.90. The molecule has 17 heavy (non-hydrogen) atoms. The molecule has 1 fully saturated rings. The molecule has 0 saturated carbocycles.